The molecule has 1 aliphatic carbocycles. The van der Waals surface area contributed by atoms with Gasteiger partial charge in [-0.05, 0) is 46.2 Å². The van der Waals surface area contributed by atoms with Crippen LogP contribution in [0.4, 0.5) is 0 Å². The first kappa shape index (κ1) is 22.3. The van der Waals surface area contributed by atoms with Crippen LogP contribution in [-0.2, 0) is 15.0 Å². The highest BCUT2D eigenvalue weighted by atomic mass is 16.5. The molecule has 8 heteroatoms. The third kappa shape index (κ3) is 3.13. The molecule has 170 valence electrons. The molecule has 2 heterocycles. The Hall–Kier alpha value is -3.94. The van der Waals surface area contributed by atoms with Crippen molar-refractivity contribution < 1.29 is 29.3 Å². The minimum atomic E-state index is -1.54. The number of aromatic nitrogens is 1. The van der Waals surface area contributed by atoms with Gasteiger partial charge in [0.25, 0.3) is 0 Å². The van der Waals surface area contributed by atoms with Gasteiger partial charge in [-0.15, -0.1) is 0 Å². The Morgan fingerprint density at radius 2 is 1.91 bits per heavy atom. The number of nitrogens with one attached hydrogen (secondary N) is 1. The molecule has 1 aromatic heterocycles. The zero-order chi connectivity index (χ0) is 24.2. The monoisotopic (exact) mass is 448 g/mol. The number of carbonyl (C=O) groups excluding carboxylic acids is 3. The molecule has 2 aromatic rings. The van der Waals surface area contributed by atoms with Gasteiger partial charge in [0.2, 0.25) is 0 Å². The van der Waals surface area contributed by atoms with E-state index in [0.717, 1.165) is 5.56 Å². The summed E-state index contributed by atoms with van der Waals surface area (Å²) in [4.78, 5) is 43.1. The normalized spacial score (nSPS) is 21.5. The maximum Gasteiger partial charge on any atom is 0.194 e. The van der Waals surface area contributed by atoms with Crippen molar-refractivity contribution >= 4 is 17.3 Å². The van der Waals surface area contributed by atoms with Gasteiger partial charge >= 0.3 is 0 Å². The second-order valence-corrected chi connectivity index (χ2v) is 8.54. The molecule has 0 radical (unpaired) electrons. The quantitative estimate of drug-likeness (QED) is 0.370. The number of benzene rings is 1. The Kier molecular flexibility index (Phi) is 5.11. The second kappa shape index (κ2) is 7.58. The number of fused-ring (bicyclic) bond motifs is 3. The van der Waals surface area contributed by atoms with Crippen LogP contribution in [0.5, 0.6) is 17.2 Å². The first-order chi connectivity index (χ1) is 15.5. The molecule has 1 unspecified atom stereocenters. The average molecular weight is 448 g/mol. The van der Waals surface area contributed by atoms with Crippen LogP contribution in [0.1, 0.15) is 60.8 Å². The zero-order valence-corrected chi connectivity index (χ0v) is 18.9. The van der Waals surface area contributed by atoms with Crippen LogP contribution < -0.4 is 10.1 Å². The minimum absolute atomic E-state index is 0.00663. The predicted octanol–water partition coefficient (Wildman–Crippen LogP) is 3.31. The maximum absolute atomic E-state index is 13.8. The molecule has 3 N–H and O–H groups in total. The fraction of sp³-hybridized carbons (Fsp3) is 0.280. The molecule has 0 fully saturated rings. The molecule has 33 heavy (non-hydrogen) atoms. The maximum atomic E-state index is 13.8. The Bertz CT molecular complexity index is 1290. The molecule has 0 saturated heterocycles. The lowest BCUT2D eigenvalue weighted by atomic mass is 9.70. The van der Waals surface area contributed by atoms with E-state index in [1.165, 1.54) is 26.8 Å². The number of aromatic hydroxyl groups is 2. The number of allylic oxidation sites excluding steroid dienone is 4. The summed E-state index contributed by atoms with van der Waals surface area (Å²) in [7, 11) is 0. The van der Waals surface area contributed by atoms with Gasteiger partial charge in [0, 0.05) is 35.8 Å². The van der Waals surface area contributed by atoms with Gasteiger partial charge in [0.1, 0.15) is 34.0 Å². The number of Topliss-reactive ketones (excluding diaryl/α,β-unsaturated/α-hetero) is 2. The van der Waals surface area contributed by atoms with Crippen LogP contribution in [0.3, 0.4) is 0 Å². The van der Waals surface area contributed by atoms with Gasteiger partial charge in [-0.25, -0.2) is 0 Å². The van der Waals surface area contributed by atoms with E-state index in [1.54, 1.807) is 25.4 Å². The third-order valence-corrected chi connectivity index (χ3v) is 6.38. The molecule has 1 aliphatic heterocycles. The lowest BCUT2D eigenvalue weighted by molar-refractivity contribution is -0.123. The molecule has 2 aliphatic rings. The second-order valence-electron chi connectivity index (χ2n) is 8.54. The predicted molar refractivity (Wildman–Crippen MR) is 119 cm³/mol. The lowest BCUT2D eigenvalue weighted by Gasteiger charge is -2.29. The van der Waals surface area contributed by atoms with Crippen molar-refractivity contribution in [3.63, 3.8) is 0 Å². The summed E-state index contributed by atoms with van der Waals surface area (Å²) in [6.45, 7) is 7.75. The summed E-state index contributed by atoms with van der Waals surface area (Å²) >= 11 is 0. The van der Waals surface area contributed by atoms with Crippen LogP contribution in [-0.4, -0.2) is 32.5 Å². The number of phenols is 2. The SMILES string of the molecule is CC(=O)c1c(O)c(C)c(O)c2c1OC1=CC(=O)C(=C(C)NC(C)c3cccnc3)C(=O)[C@@]12C. The van der Waals surface area contributed by atoms with Crippen molar-refractivity contribution in [3.05, 3.63) is 69.9 Å². The van der Waals surface area contributed by atoms with E-state index >= 15 is 0 Å². The fourth-order valence-corrected chi connectivity index (χ4v) is 4.47. The first-order valence-corrected chi connectivity index (χ1v) is 10.5. The highest BCUT2D eigenvalue weighted by Gasteiger charge is 2.56. The molecular formula is C25H24N2O6. The van der Waals surface area contributed by atoms with Gasteiger partial charge in [0.05, 0.1) is 11.1 Å². The van der Waals surface area contributed by atoms with Crippen LogP contribution in [0, 0.1) is 6.92 Å². The molecule has 2 atom stereocenters. The summed E-state index contributed by atoms with van der Waals surface area (Å²) in [5.41, 5.74) is -0.373. The van der Waals surface area contributed by atoms with Gasteiger partial charge in [-0.1, -0.05) is 6.07 Å². The number of carbonyl (C=O) groups is 3. The standard InChI is InChI=1S/C25H24N2O6/c1-11-21(30)19(14(4)28)23-20(22(11)31)25(5)17(33-23)9-16(29)18(24(25)32)13(3)27-12(2)15-7-6-8-26-10-15/h6-10,12,27,30-31H,1-5H3/t12?,25-/m0/s1. The zero-order valence-electron chi connectivity index (χ0n) is 18.9. The molecule has 1 aromatic carbocycles. The van der Waals surface area contributed by atoms with Gasteiger partial charge < -0.3 is 20.3 Å². The van der Waals surface area contributed by atoms with Gasteiger partial charge in [-0.3, -0.25) is 19.4 Å². The van der Waals surface area contributed by atoms with Gasteiger partial charge in [-0.2, -0.15) is 0 Å². The highest BCUT2D eigenvalue weighted by molar-refractivity contribution is 6.31. The van der Waals surface area contributed by atoms with Crippen LogP contribution in [0.15, 0.2) is 47.6 Å². The number of phenolic OH excluding ortho intramolecular Hbond substituents is 2. The molecular weight excluding hydrogens is 424 g/mol. The Morgan fingerprint density at radius 3 is 2.52 bits per heavy atom. The summed E-state index contributed by atoms with van der Waals surface area (Å²) in [5.74, 6) is -2.47. The molecule has 8 nitrogen and oxygen atoms in total. The Morgan fingerprint density at radius 1 is 1.21 bits per heavy atom. The molecule has 0 amide bonds. The minimum Gasteiger partial charge on any atom is -0.507 e. The number of hydrogen-bond acceptors (Lipinski definition) is 8. The van der Waals surface area contributed by atoms with Crippen molar-refractivity contribution in [1.29, 1.82) is 0 Å². The first-order valence-electron chi connectivity index (χ1n) is 10.5. The molecule has 0 saturated carbocycles. The third-order valence-electron chi connectivity index (χ3n) is 6.38. The van der Waals surface area contributed by atoms with E-state index < -0.39 is 28.5 Å². The summed E-state index contributed by atoms with van der Waals surface area (Å²) in [6.07, 6.45) is 4.55. The number of pyridine rings is 1. The van der Waals surface area contributed by atoms with Crippen LogP contribution >= 0.6 is 0 Å². The summed E-state index contributed by atoms with van der Waals surface area (Å²) in [5, 5.41) is 24.5. The largest absolute Gasteiger partial charge is 0.507 e. The van der Waals surface area contributed by atoms with Crippen molar-refractivity contribution in [3.8, 4) is 17.2 Å². The van der Waals surface area contributed by atoms with Crippen LogP contribution in [0.25, 0.3) is 0 Å². The van der Waals surface area contributed by atoms with Crippen molar-refractivity contribution in [2.75, 3.05) is 0 Å². The van der Waals surface area contributed by atoms with Crippen molar-refractivity contribution in [2.24, 2.45) is 0 Å². The Labute approximate surface area is 190 Å². The Balaban J connectivity index is 1.87. The average Bonchev–Trinajstić information content (AvgIpc) is 3.05. The number of hydrogen-bond donors (Lipinski definition) is 3. The van der Waals surface area contributed by atoms with Gasteiger partial charge in [0.15, 0.2) is 17.3 Å². The van der Waals surface area contributed by atoms with E-state index in [0.29, 0.717) is 5.70 Å². The number of rotatable bonds is 4. The molecule has 0 bridgehead atoms. The van der Waals surface area contributed by atoms with E-state index in [4.69, 9.17) is 4.74 Å². The number of ether oxygens (including phenoxy) is 1. The molecule has 4 rings (SSSR count). The number of nitrogens with zero attached hydrogens (tertiary/aromatic N) is 1. The van der Waals surface area contributed by atoms with E-state index in [2.05, 4.69) is 10.3 Å². The van der Waals surface area contributed by atoms with Crippen molar-refractivity contribution in [2.45, 2.75) is 46.1 Å². The van der Waals surface area contributed by atoms with Crippen molar-refractivity contribution in [1.82, 2.24) is 10.3 Å². The number of ketones is 3. The fourth-order valence-electron chi connectivity index (χ4n) is 4.47. The van der Waals surface area contributed by atoms with E-state index in [1.807, 2.05) is 13.0 Å². The summed E-state index contributed by atoms with van der Waals surface area (Å²) in [6, 6.07) is 3.45. The summed E-state index contributed by atoms with van der Waals surface area (Å²) < 4.78 is 5.77. The highest BCUT2D eigenvalue weighted by Crippen LogP contribution is 2.57. The lowest BCUT2D eigenvalue weighted by Crippen LogP contribution is -2.41. The van der Waals surface area contributed by atoms with E-state index in [-0.39, 0.29) is 45.6 Å². The smallest absolute Gasteiger partial charge is 0.194 e. The topological polar surface area (TPSA) is 126 Å². The van der Waals surface area contributed by atoms with Crippen LogP contribution in [0.2, 0.25) is 0 Å². The molecule has 0 spiro atoms. The van der Waals surface area contributed by atoms with E-state index in [9.17, 15) is 24.6 Å².